The van der Waals surface area contributed by atoms with Crippen molar-refractivity contribution < 1.29 is 4.52 Å². The molecule has 0 aliphatic carbocycles. The van der Waals surface area contributed by atoms with Crippen molar-refractivity contribution in [1.82, 2.24) is 20.3 Å². The number of imidazole rings is 1. The first-order valence-electron chi connectivity index (χ1n) is 4.81. The van der Waals surface area contributed by atoms with Gasteiger partial charge in [0.25, 0.3) is 0 Å². The number of aromatic nitrogens is 4. The Kier molecular flexibility index (Phi) is 2.00. The minimum absolute atomic E-state index is 0.728. The molecule has 0 amide bonds. The van der Waals surface area contributed by atoms with Gasteiger partial charge in [0.2, 0.25) is 0 Å². The zero-order chi connectivity index (χ0) is 10.8. The zero-order valence-electron chi connectivity index (χ0n) is 8.29. The molecule has 0 aliphatic heterocycles. The highest BCUT2D eigenvalue weighted by Crippen LogP contribution is 2.20. The molecule has 5 nitrogen and oxygen atoms in total. The Morgan fingerprint density at radius 1 is 1.06 bits per heavy atom. The lowest BCUT2D eigenvalue weighted by Gasteiger charge is -1.98. The van der Waals surface area contributed by atoms with Crippen LogP contribution in [0.15, 0.2) is 47.4 Å². The van der Waals surface area contributed by atoms with E-state index in [1.807, 2.05) is 24.3 Å². The first-order chi connectivity index (χ1) is 7.93. The van der Waals surface area contributed by atoms with Gasteiger partial charge in [-0.2, -0.15) is 0 Å². The number of H-pyrrole nitrogens is 1. The van der Waals surface area contributed by atoms with E-state index in [-0.39, 0.29) is 0 Å². The lowest BCUT2D eigenvalue weighted by Crippen LogP contribution is -1.82. The molecule has 1 aromatic carbocycles. The molecule has 3 rings (SSSR count). The Morgan fingerprint density at radius 3 is 2.50 bits per heavy atom. The first-order valence-corrected chi connectivity index (χ1v) is 4.81. The standard InChI is InChI=1S/C11H8N4O/c1-3-9(11-12-5-6-13-11)4-2-8(1)10-7-16-15-14-10/h1-7H,(H,12,13). The maximum atomic E-state index is 4.69. The maximum Gasteiger partial charge on any atom is 0.152 e. The summed E-state index contributed by atoms with van der Waals surface area (Å²) in [5, 5.41) is 7.27. The molecule has 1 N–H and O–H groups in total. The Labute approximate surface area is 91.1 Å². The van der Waals surface area contributed by atoms with E-state index in [1.54, 1.807) is 12.4 Å². The highest BCUT2D eigenvalue weighted by Gasteiger charge is 2.03. The van der Waals surface area contributed by atoms with E-state index in [4.69, 9.17) is 4.52 Å². The van der Waals surface area contributed by atoms with Gasteiger partial charge in [0.1, 0.15) is 11.5 Å². The molecule has 0 saturated carbocycles. The van der Waals surface area contributed by atoms with Gasteiger partial charge in [0.05, 0.1) is 0 Å². The number of nitrogens with zero attached hydrogens (tertiary/aromatic N) is 3. The molecule has 0 bridgehead atoms. The molecule has 2 aromatic heterocycles. The predicted octanol–water partition coefficient (Wildman–Crippen LogP) is 2.13. The van der Waals surface area contributed by atoms with E-state index in [2.05, 4.69) is 20.3 Å². The molecule has 78 valence electrons. The maximum absolute atomic E-state index is 4.69. The highest BCUT2D eigenvalue weighted by atomic mass is 16.5. The fourth-order valence-corrected chi connectivity index (χ4v) is 1.51. The third kappa shape index (κ3) is 1.48. The second-order valence-corrected chi connectivity index (χ2v) is 3.31. The molecule has 5 heteroatoms. The summed E-state index contributed by atoms with van der Waals surface area (Å²) in [5.74, 6) is 0.852. The number of hydrogen-bond acceptors (Lipinski definition) is 4. The van der Waals surface area contributed by atoms with Crippen molar-refractivity contribution in [1.29, 1.82) is 0 Å². The number of hydrogen-bond donors (Lipinski definition) is 1. The Hall–Kier alpha value is -2.43. The summed E-state index contributed by atoms with van der Waals surface area (Å²) in [6, 6.07) is 7.86. The zero-order valence-corrected chi connectivity index (χ0v) is 8.29. The van der Waals surface area contributed by atoms with Crippen LogP contribution in [0.25, 0.3) is 22.6 Å². The monoisotopic (exact) mass is 212 g/mol. The summed E-state index contributed by atoms with van der Waals surface area (Å²) in [7, 11) is 0. The van der Waals surface area contributed by atoms with Gasteiger partial charge >= 0.3 is 0 Å². The Balaban J connectivity index is 1.97. The van der Waals surface area contributed by atoms with Crippen LogP contribution < -0.4 is 0 Å². The van der Waals surface area contributed by atoms with Crippen molar-refractivity contribution >= 4 is 0 Å². The fourth-order valence-electron chi connectivity index (χ4n) is 1.51. The van der Waals surface area contributed by atoms with Crippen molar-refractivity contribution in [3.05, 3.63) is 42.9 Å². The summed E-state index contributed by atoms with van der Waals surface area (Å²) < 4.78 is 4.69. The van der Waals surface area contributed by atoms with E-state index in [1.165, 1.54) is 6.26 Å². The van der Waals surface area contributed by atoms with Gasteiger partial charge in [-0.1, -0.05) is 24.3 Å². The normalized spacial score (nSPS) is 10.5. The number of nitrogens with one attached hydrogen (secondary N) is 1. The predicted molar refractivity (Wildman–Crippen MR) is 57.3 cm³/mol. The average Bonchev–Trinajstić information content (AvgIpc) is 3.03. The smallest absolute Gasteiger partial charge is 0.152 e. The van der Waals surface area contributed by atoms with E-state index in [0.29, 0.717) is 0 Å². The summed E-state index contributed by atoms with van der Waals surface area (Å²) in [5.41, 5.74) is 2.73. The van der Waals surface area contributed by atoms with Gasteiger partial charge in [-0.15, -0.1) is 5.10 Å². The summed E-state index contributed by atoms with van der Waals surface area (Å²) >= 11 is 0. The molecule has 16 heavy (non-hydrogen) atoms. The summed E-state index contributed by atoms with van der Waals surface area (Å²) in [6.07, 6.45) is 5.04. The largest absolute Gasteiger partial charge is 0.345 e. The van der Waals surface area contributed by atoms with Crippen LogP contribution in [0.3, 0.4) is 0 Å². The minimum Gasteiger partial charge on any atom is -0.345 e. The molecular formula is C11H8N4O. The van der Waals surface area contributed by atoms with E-state index in [9.17, 15) is 0 Å². The van der Waals surface area contributed by atoms with Crippen molar-refractivity contribution in [3.8, 4) is 22.6 Å². The fraction of sp³-hybridized carbons (Fsp3) is 0. The molecule has 0 saturated heterocycles. The first kappa shape index (κ1) is 8.84. The Morgan fingerprint density at radius 2 is 1.88 bits per heavy atom. The van der Waals surface area contributed by atoms with E-state index >= 15 is 0 Å². The van der Waals surface area contributed by atoms with Crippen LogP contribution in [0.5, 0.6) is 0 Å². The molecule has 0 radical (unpaired) electrons. The van der Waals surface area contributed by atoms with Gasteiger partial charge < -0.3 is 9.51 Å². The minimum atomic E-state index is 0.728. The number of rotatable bonds is 2. The summed E-state index contributed by atoms with van der Waals surface area (Å²) in [6.45, 7) is 0. The van der Waals surface area contributed by atoms with Crippen molar-refractivity contribution in [2.75, 3.05) is 0 Å². The van der Waals surface area contributed by atoms with Crippen LogP contribution in [0.4, 0.5) is 0 Å². The van der Waals surface area contributed by atoms with Crippen LogP contribution in [-0.2, 0) is 0 Å². The lowest BCUT2D eigenvalue weighted by atomic mass is 10.1. The van der Waals surface area contributed by atoms with Gasteiger partial charge in [-0.05, 0) is 0 Å². The molecule has 0 spiro atoms. The third-order valence-corrected chi connectivity index (χ3v) is 2.31. The van der Waals surface area contributed by atoms with E-state index < -0.39 is 0 Å². The van der Waals surface area contributed by atoms with Gasteiger partial charge in [-0.25, -0.2) is 4.98 Å². The quantitative estimate of drug-likeness (QED) is 0.706. The Bertz CT molecular complexity index is 501. The molecule has 0 fully saturated rings. The molecule has 2 heterocycles. The van der Waals surface area contributed by atoms with Crippen LogP contribution >= 0.6 is 0 Å². The average molecular weight is 212 g/mol. The second-order valence-electron chi connectivity index (χ2n) is 3.31. The van der Waals surface area contributed by atoms with Crippen LogP contribution in [0, 0.1) is 0 Å². The summed E-state index contributed by atoms with van der Waals surface area (Å²) in [4.78, 5) is 7.23. The second kappa shape index (κ2) is 3.62. The molecule has 3 aromatic rings. The van der Waals surface area contributed by atoms with Gasteiger partial charge in [-0.3, -0.25) is 0 Å². The van der Waals surface area contributed by atoms with Crippen LogP contribution in [0.2, 0.25) is 0 Å². The molecule has 0 aliphatic rings. The highest BCUT2D eigenvalue weighted by molar-refractivity contribution is 5.64. The third-order valence-electron chi connectivity index (χ3n) is 2.31. The van der Waals surface area contributed by atoms with Gasteiger partial charge in [0.15, 0.2) is 6.26 Å². The molecule has 0 atom stereocenters. The van der Waals surface area contributed by atoms with Crippen molar-refractivity contribution in [2.45, 2.75) is 0 Å². The SMILES string of the molecule is c1c[nH]c(-c2ccc(-c3conn3)cc2)n1. The van der Waals surface area contributed by atoms with Crippen LogP contribution in [-0.4, -0.2) is 20.3 Å². The molecule has 0 unspecified atom stereocenters. The van der Waals surface area contributed by atoms with E-state index in [0.717, 1.165) is 22.6 Å². The number of aromatic amines is 1. The number of benzene rings is 1. The van der Waals surface area contributed by atoms with Crippen molar-refractivity contribution in [2.24, 2.45) is 0 Å². The van der Waals surface area contributed by atoms with Gasteiger partial charge in [0, 0.05) is 28.8 Å². The van der Waals surface area contributed by atoms with Crippen molar-refractivity contribution in [3.63, 3.8) is 0 Å². The lowest BCUT2D eigenvalue weighted by molar-refractivity contribution is 0.393. The molecular weight excluding hydrogens is 204 g/mol. The van der Waals surface area contributed by atoms with Crippen LogP contribution in [0.1, 0.15) is 0 Å². The topological polar surface area (TPSA) is 67.6 Å².